The first-order valence-corrected chi connectivity index (χ1v) is 16.4. The molecule has 8 nitrogen and oxygen atoms in total. The number of carbonyl (C=O) groups is 4. The number of carbonyl (C=O) groups excluding carboxylic acids is 4. The van der Waals surface area contributed by atoms with E-state index in [0.29, 0.717) is 39.6 Å². The molecule has 0 radical (unpaired) electrons. The third kappa shape index (κ3) is 4.32. The molecule has 2 unspecified atom stereocenters. The van der Waals surface area contributed by atoms with Crippen LogP contribution in [0.1, 0.15) is 74.2 Å². The molecule has 48 heavy (non-hydrogen) atoms. The van der Waals surface area contributed by atoms with Gasteiger partial charge in [-0.2, -0.15) is 0 Å². The number of ether oxygens (including phenoxy) is 2. The van der Waals surface area contributed by atoms with E-state index in [2.05, 4.69) is 13.0 Å². The standard InChI is InChI=1S/C40H34N2O6/c1-5-7-23-8-6-9-24(18-23)48-20-22(3)47-19-21(2)42-39(45)31-16-12-27-25-10-14-29-35-30(38(44)41(4)37(29)43)15-11-26(33(25)35)28-13-17-32(40(42)46)36(31)34(27)28/h6,8-18,21-22H,5,7,19-20H2,1-4H3. The third-order valence-electron chi connectivity index (χ3n) is 9.85. The molecule has 4 amide bonds. The molecule has 6 aromatic carbocycles. The number of aryl methyl sites for hydroxylation is 1. The van der Waals surface area contributed by atoms with Gasteiger partial charge in [-0.05, 0) is 94.5 Å². The molecule has 0 bridgehead atoms. The van der Waals surface area contributed by atoms with Crippen molar-refractivity contribution in [1.29, 1.82) is 0 Å². The second-order valence-electron chi connectivity index (χ2n) is 13.0. The van der Waals surface area contributed by atoms with Crippen molar-refractivity contribution in [2.45, 2.75) is 45.8 Å². The lowest BCUT2D eigenvalue weighted by Crippen LogP contribution is -2.48. The number of imide groups is 2. The van der Waals surface area contributed by atoms with E-state index >= 15 is 0 Å². The maximum atomic E-state index is 14.0. The van der Waals surface area contributed by atoms with E-state index in [1.807, 2.05) is 56.3 Å². The Morgan fingerprint density at radius 3 is 1.62 bits per heavy atom. The second-order valence-corrected chi connectivity index (χ2v) is 13.0. The summed E-state index contributed by atoms with van der Waals surface area (Å²) in [6.07, 6.45) is 1.80. The van der Waals surface area contributed by atoms with Crippen LogP contribution < -0.4 is 4.74 Å². The fraction of sp³-hybridized carbons (Fsp3) is 0.250. The Morgan fingerprint density at radius 2 is 1.12 bits per heavy atom. The van der Waals surface area contributed by atoms with Crippen molar-refractivity contribution in [2.24, 2.45) is 0 Å². The number of hydrogen-bond donors (Lipinski definition) is 0. The van der Waals surface area contributed by atoms with Gasteiger partial charge in [0, 0.05) is 40.1 Å². The molecule has 8 heteroatoms. The first kappa shape index (κ1) is 30.0. The first-order chi connectivity index (χ1) is 23.2. The molecule has 0 saturated heterocycles. The van der Waals surface area contributed by atoms with Gasteiger partial charge in [-0.25, -0.2) is 0 Å². The van der Waals surface area contributed by atoms with Gasteiger partial charge in [0.2, 0.25) is 0 Å². The zero-order chi connectivity index (χ0) is 33.4. The molecule has 0 spiro atoms. The summed E-state index contributed by atoms with van der Waals surface area (Å²) >= 11 is 0. The van der Waals surface area contributed by atoms with Crippen molar-refractivity contribution in [3.63, 3.8) is 0 Å². The number of rotatable bonds is 9. The van der Waals surface area contributed by atoms with Crippen LogP contribution in [0.5, 0.6) is 5.75 Å². The fourth-order valence-electron chi connectivity index (χ4n) is 7.53. The highest BCUT2D eigenvalue weighted by molar-refractivity contribution is 6.41. The van der Waals surface area contributed by atoms with E-state index in [-0.39, 0.29) is 36.3 Å². The van der Waals surface area contributed by atoms with Crippen LogP contribution in [0.15, 0.2) is 72.8 Å². The summed E-state index contributed by atoms with van der Waals surface area (Å²) in [5.41, 5.74) is 3.12. The number of nitrogens with zero attached hydrogens (tertiary/aromatic N) is 2. The Kier molecular flexibility index (Phi) is 6.96. The van der Waals surface area contributed by atoms with Crippen molar-refractivity contribution in [3.8, 4) is 5.75 Å². The molecule has 2 aliphatic heterocycles. The van der Waals surface area contributed by atoms with Crippen LogP contribution in [-0.2, 0) is 11.2 Å². The van der Waals surface area contributed by atoms with Crippen molar-refractivity contribution < 1.29 is 28.7 Å². The lowest BCUT2D eigenvalue weighted by atomic mass is 9.82. The minimum Gasteiger partial charge on any atom is -0.491 e. The van der Waals surface area contributed by atoms with E-state index in [1.54, 1.807) is 24.3 Å². The Labute approximate surface area is 277 Å². The zero-order valence-electron chi connectivity index (χ0n) is 27.3. The minimum atomic E-state index is -0.513. The van der Waals surface area contributed by atoms with E-state index in [1.165, 1.54) is 17.5 Å². The topological polar surface area (TPSA) is 93.2 Å². The number of benzene rings is 6. The van der Waals surface area contributed by atoms with Gasteiger partial charge in [-0.3, -0.25) is 29.0 Å². The predicted octanol–water partition coefficient (Wildman–Crippen LogP) is 7.38. The van der Waals surface area contributed by atoms with Gasteiger partial charge < -0.3 is 9.47 Å². The lowest BCUT2D eigenvalue weighted by Gasteiger charge is -2.33. The maximum absolute atomic E-state index is 14.0. The van der Waals surface area contributed by atoms with Gasteiger partial charge in [-0.15, -0.1) is 0 Å². The average Bonchev–Trinajstić information content (AvgIpc) is 3.09. The number of amides is 4. The summed E-state index contributed by atoms with van der Waals surface area (Å²) in [7, 11) is 1.50. The normalized spacial score (nSPS) is 15.8. The Hall–Kier alpha value is -5.34. The minimum absolute atomic E-state index is 0.166. The summed E-state index contributed by atoms with van der Waals surface area (Å²) in [4.78, 5) is 56.7. The van der Waals surface area contributed by atoms with Crippen LogP contribution in [-0.4, -0.2) is 65.8 Å². The molecule has 6 aromatic rings. The van der Waals surface area contributed by atoms with Crippen LogP contribution in [0.4, 0.5) is 0 Å². The lowest BCUT2D eigenvalue weighted by molar-refractivity contribution is 0.00253. The summed E-state index contributed by atoms with van der Waals surface area (Å²) < 4.78 is 12.1. The van der Waals surface area contributed by atoms with Crippen molar-refractivity contribution in [2.75, 3.05) is 20.3 Å². The van der Waals surface area contributed by atoms with Gasteiger partial charge in [0.25, 0.3) is 23.6 Å². The molecule has 0 aromatic heterocycles. The summed E-state index contributed by atoms with van der Waals surface area (Å²) in [5.74, 6) is -0.597. The van der Waals surface area contributed by atoms with Crippen molar-refractivity contribution in [3.05, 3.63) is 101 Å². The van der Waals surface area contributed by atoms with E-state index in [0.717, 1.165) is 55.8 Å². The summed E-state index contributed by atoms with van der Waals surface area (Å²) in [6.45, 7) is 6.39. The predicted molar refractivity (Wildman–Crippen MR) is 185 cm³/mol. The molecular formula is C40H34N2O6. The highest BCUT2D eigenvalue weighted by atomic mass is 16.5. The largest absolute Gasteiger partial charge is 0.491 e. The Balaban J connectivity index is 1.11. The van der Waals surface area contributed by atoms with Gasteiger partial charge >= 0.3 is 0 Å². The van der Waals surface area contributed by atoms with Gasteiger partial charge in [0.05, 0.1) is 18.8 Å². The van der Waals surface area contributed by atoms with Crippen LogP contribution >= 0.6 is 0 Å². The molecule has 0 saturated carbocycles. The molecule has 2 heterocycles. The van der Waals surface area contributed by atoms with Crippen LogP contribution in [0, 0.1) is 0 Å². The fourth-order valence-corrected chi connectivity index (χ4v) is 7.53. The molecule has 0 N–H and O–H groups in total. The van der Waals surface area contributed by atoms with Gasteiger partial charge in [0.1, 0.15) is 12.4 Å². The summed E-state index contributed by atoms with van der Waals surface area (Å²) in [6, 6.07) is 22.3. The highest BCUT2D eigenvalue weighted by Gasteiger charge is 2.38. The van der Waals surface area contributed by atoms with Gasteiger partial charge in [-0.1, -0.05) is 49.7 Å². The van der Waals surface area contributed by atoms with Crippen molar-refractivity contribution in [1.82, 2.24) is 9.80 Å². The third-order valence-corrected chi connectivity index (χ3v) is 9.85. The van der Waals surface area contributed by atoms with Crippen molar-refractivity contribution >= 4 is 66.7 Å². The maximum Gasteiger partial charge on any atom is 0.261 e. The van der Waals surface area contributed by atoms with E-state index < -0.39 is 6.04 Å². The molecule has 0 aliphatic carbocycles. The quantitative estimate of drug-likeness (QED) is 0.0932. The number of hydrogen-bond acceptors (Lipinski definition) is 6. The molecule has 2 aliphatic rings. The molecule has 2 atom stereocenters. The second kappa shape index (κ2) is 11.1. The van der Waals surface area contributed by atoms with Crippen LogP contribution in [0.3, 0.4) is 0 Å². The van der Waals surface area contributed by atoms with E-state index in [9.17, 15) is 19.2 Å². The molecular weight excluding hydrogens is 604 g/mol. The smallest absolute Gasteiger partial charge is 0.261 e. The molecule has 0 fully saturated rings. The Bertz CT molecular complexity index is 2240. The van der Waals surface area contributed by atoms with Gasteiger partial charge in [0.15, 0.2) is 0 Å². The Morgan fingerprint density at radius 1 is 0.625 bits per heavy atom. The number of fused-ring (bicyclic) bond motifs is 2. The zero-order valence-corrected chi connectivity index (χ0v) is 27.3. The summed E-state index contributed by atoms with van der Waals surface area (Å²) in [5, 5.41) is 6.39. The molecule has 8 rings (SSSR count). The van der Waals surface area contributed by atoms with Crippen LogP contribution in [0.2, 0.25) is 0 Å². The molecule has 240 valence electrons. The van der Waals surface area contributed by atoms with Crippen LogP contribution in [0.25, 0.3) is 43.1 Å². The van der Waals surface area contributed by atoms with E-state index in [4.69, 9.17) is 9.47 Å². The monoisotopic (exact) mass is 638 g/mol. The SMILES string of the molecule is CCCc1cccc(OCC(C)OCC(C)N2C(=O)c3ccc4c5ccc6c7c(ccc(c8ccc(c3c48)C2=O)c75)C(=O)N(C)C6=O)c1. The first-order valence-electron chi connectivity index (χ1n) is 16.4. The highest BCUT2D eigenvalue weighted by Crippen LogP contribution is 2.46. The average molecular weight is 639 g/mol.